The zero-order chi connectivity index (χ0) is 33.4. The van der Waals surface area contributed by atoms with Crippen molar-refractivity contribution in [1.82, 2.24) is 0 Å². The van der Waals surface area contributed by atoms with E-state index in [4.69, 9.17) is 0 Å². The molecule has 0 radical (unpaired) electrons. The molecular weight excluding hydrogens is 699 g/mol. The fourth-order valence-corrected chi connectivity index (χ4v) is 13.3. The summed E-state index contributed by atoms with van der Waals surface area (Å²) in [6.07, 6.45) is 4.80. The Morgan fingerprint density at radius 2 is 0.729 bits per heavy atom. The van der Waals surface area contributed by atoms with Gasteiger partial charge in [-0.15, -0.1) is 37.2 Å². The third-order valence-electron chi connectivity index (χ3n) is 10.2. The molecule has 1 aliphatic rings. The monoisotopic (exact) mass is 759 g/mol. The Labute approximate surface area is 326 Å². The summed E-state index contributed by atoms with van der Waals surface area (Å²) in [5.41, 5.74) is 10.4. The van der Waals surface area contributed by atoms with Crippen LogP contribution in [0.5, 0.6) is 0 Å². The number of benzene rings is 3. The molecular formula is C43H62Cl3SiTi. The standard InChI is InChI=1S/C43H59Si.3ClH.Ti/c1-14-33-16-15-17-43(33)44(40-21-34(27(2)3)18-35(22-40)28(4)5,41-23-36(29(6)7)19-37(24-41)30(8)9)42-25-38(31(10)11)20-39(26-42)32(12)13;;;;/h17-32H,14-15H2,1-13H3;3*1H;. The SMILES string of the molecule is CCC1=[C]([Ti])CC=C1[Si](c1cc(C(C)C)cc(C(C)C)c1)(c1cc(C(C)C)cc(C(C)C)c1)c1cc(C(C)C)cc(C(C)C)c1.Cl.Cl.Cl. The fraction of sp³-hybridized carbons (Fsp3) is 0.488. The zero-order valence-corrected chi connectivity index (χ0v) is 36.9. The van der Waals surface area contributed by atoms with E-state index >= 15 is 0 Å². The van der Waals surface area contributed by atoms with Gasteiger partial charge in [0, 0.05) is 0 Å². The Morgan fingerprint density at radius 3 is 0.938 bits per heavy atom. The fourth-order valence-electron chi connectivity index (χ4n) is 7.04. The van der Waals surface area contributed by atoms with Crippen LogP contribution in [-0.2, 0) is 20.4 Å². The first-order chi connectivity index (χ1) is 21.1. The topological polar surface area (TPSA) is 0 Å². The second-order valence-corrected chi connectivity index (χ2v) is 20.2. The molecule has 0 saturated heterocycles. The van der Waals surface area contributed by atoms with Gasteiger partial charge in [-0.05, 0) is 0 Å². The molecule has 4 rings (SSSR count). The van der Waals surface area contributed by atoms with Crippen LogP contribution in [0, 0.1) is 0 Å². The Hall–Kier alpha value is -1.06. The summed E-state index contributed by atoms with van der Waals surface area (Å²) >= 11 is 2.39. The van der Waals surface area contributed by atoms with E-state index in [0.29, 0.717) is 35.5 Å². The molecule has 0 aliphatic heterocycles. The largest absolute Gasteiger partial charge is 0.147 e. The molecule has 1 aliphatic carbocycles. The maximum absolute atomic E-state index is 2.78. The van der Waals surface area contributed by atoms with E-state index in [9.17, 15) is 0 Å². The predicted octanol–water partition coefficient (Wildman–Crippen LogP) is 12.2. The minimum absolute atomic E-state index is 0. The van der Waals surface area contributed by atoms with Gasteiger partial charge in [0.2, 0.25) is 0 Å². The van der Waals surface area contributed by atoms with Gasteiger partial charge in [-0.3, -0.25) is 0 Å². The Bertz CT molecular complexity index is 1360. The summed E-state index contributed by atoms with van der Waals surface area (Å²) in [4.78, 5) is 0. The molecule has 0 atom stereocenters. The maximum Gasteiger partial charge on any atom is -0.147 e. The van der Waals surface area contributed by atoms with Gasteiger partial charge >= 0.3 is 291 Å². The van der Waals surface area contributed by atoms with Crippen molar-refractivity contribution < 1.29 is 20.4 Å². The van der Waals surface area contributed by atoms with Crippen LogP contribution >= 0.6 is 37.2 Å². The first-order valence-electron chi connectivity index (χ1n) is 17.7. The van der Waals surface area contributed by atoms with Gasteiger partial charge in [-0.1, -0.05) is 0 Å². The Balaban J connectivity index is 0.00000384. The molecule has 48 heavy (non-hydrogen) atoms. The van der Waals surface area contributed by atoms with E-state index in [-0.39, 0.29) is 37.2 Å². The number of allylic oxidation sites excluding steroid dienone is 4. The molecule has 5 heteroatoms. The van der Waals surface area contributed by atoms with Crippen molar-refractivity contribution in [3.63, 3.8) is 0 Å². The van der Waals surface area contributed by atoms with Crippen LogP contribution in [0.2, 0.25) is 0 Å². The first-order valence-corrected chi connectivity index (χ1v) is 20.5. The third kappa shape index (κ3) is 9.05. The smallest absolute Gasteiger partial charge is 0.147 e. The summed E-state index contributed by atoms with van der Waals surface area (Å²) in [5.74, 6) is 2.81. The summed E-state index contributed by atoms with van der Waals surface area (Å²) < 4.78 is 1.56. The van der Waals surface area contributed by atoms with Gasteiger partial charge in [0.05, 0.1) is 0 Å². The molecule has 0 aromatic heterocycles. The van der Waals surface area contributed by atoms with Gasteiger partial charge in [0.25, 0.3) is 0 Å². The molecule has 3 aromatic rings. The van der Waals surface area contributed by atoms with Crippen molar-refractivity contribution in [3.05, 3.63) is 109 Å². The first kappa shape index (κ1) is 45.0. The predicted molar refractivity (Wildman–Crippen MR) is 220 cm³/mol. The van der Waals surface area contributed by atoms with Crippen molar-refractivity contribution in [2.75, 3.05) is 0 Å². The molecule has 0 unspecified atom stereocenters. The van der Waals surface area contributed by atoms with E-state index in [0.717, 1.165) is 12.8 Å². The van der Waals surface area contributed by atoms with Crippen molar-refractivity contribution in [2.45, 2.75) is 138 Å². The maximum atomic E-state index is 2.66. The number of rotatable bonds is 11. The van der Waals surface area contributed by atoms with Gasteiger partial charge in [-0.25, -0.2) is 0 Å². The molecule has 0 amide bonds. The summed E-state index contributed by atoms with van der Waals surface area (Å²) in [6.45, 7) is 30.8. The molecule has 0 bridgehead atoms. The normalized spacial score (nSPS) is 13.4. The summed E-state index contributed by atoms with van der Waals surface area (Å²) in [7, 11) is -2.78. The van der Waals surface area contributed by atoms with E-state index in [1.165, 1.54) is 33.4 Å². The molecule has 263 valence electrons. The Kier molecular flexibility index (Phi) is 17.3. The number of hydrogen-bond acceptors (Lipinski definition) is 0. The van der Waals surface area contributed by atoms with Crippen molar-refractivity contribution in [1.29, 1.82) is 0 Å². The van der Waals surface area contributed by atoms with Crippen LogP contribution in [-0.4, -0.2) is 8.07 Å². The van der Waals surface area contributed by atoms with Gasteiger partial charge in [-0.2, -0.15) is 0 Å². The van der Waals surface area contributed by atoms with E-state index in [1.807, 2.05) is 0 Å². The molecule has 0 N–H and O–H groups in total. The average Bonchev–Trinajstić information content (AvgIpc) is 3.37. The quantitative estimate of drug-likeness (QED) is 0.135. The van der Waals surface area contributed by atoms with Crippen LogP contribution in [0.1, 0.15) is 172 Å². The molecule has 0 heterocycles. The second kappa shape index (κ2) is 18.4. The molecule has 0 saturated carbocycles. The van der Waals surface area contributed by atoms with Crippen LogP contribution in [0.25, 0.3) is 0 Å². The van der Waals surface area contributed by atoms with Crippen LogP contribution in [0.3, 0.4) is 0 Å². The van der Waals surface area contributed by atoms with Crippen molar-refractivity contribution in [3.8, 4) is 0 Å². The van der Waals surface area contributed by atoms with E-state index < -0.39 is 8.07 Å². The van der Waals surface area contributed by atoms with E-state index in [2.05, 4.69) is 171 Å². The number of hydrogen-bond donors (Lipinski definition) is 0. The molecule has 3 aromatic carbocycles. The second-order valence-electron chi connectivity index (χ2n) is 15.5. The summed E-state index contributed by atoms with van der Waals surface area (Å²) in [6, 6.07) is 23.3. The summed E-state index contributed by atoms with van der Waals surface area (Å²) in [5, 5.41) is 6.34. The van der Waals surface area contributed by atoms with Crippen LogP contribution in [0.15, 0.2) is 75.3 Å². The van der Waals surface area contributed by atoms with Gasteiger partial charge in [0.1, 0.15) is 0 Å². The van der Waals surface area contributed by atoms with Crippen LogP contribution < -0.4 is 15.6 Å². The van der Waals surface area contributed by atoms with Gasteiger partial charge in [0.15, 0.2) is 0 Å². The van der Waals surface area contributed by atoms with Crippen molar-refractivity contribution in [2.24, 2.45) is 0 Å². The third-order valence-corrected chi connectivity index (χ3v) is 15.8. The minimum atomic E-state index is -2.78. The van der Waals surface area contributed by atoms with E-state index in [1.54, 1.807) is 30.2 Å². The van der Waals surface area contributed by atoms with Crippen molar-refractivity contribution >= 4 is 60.9 Å². The minimum Gasteiger partial charge on any atom is -0.147 e. The zero-order valence-electron chi connectivity index (χ0n) is 31.9. The van der Waals surface area contributed by atoms with Crippen LogP contribution in [0.4, 0.5) is 0 Å². The molecule has 0 nitrogen and oxygen atoms in total. The molecule has 0 fully saturated rings. The average molecular weight is 761 g/mol. The van der Waals surface area contributed by atoms with Gasteiger partial charge < -0.3 is 0 Å². The Morgan fingerprint density at radius 1 is 0.479 bits per heavy atom. The molecule has 0 spiro atoms. The number of halogens is 3.